The molecule has 224 valence electrons. The van der Waals surface area contributed by atoms with Crippen molar-refractivity contribution in [2.45, 2.75) is 51.3 Å². The third-order valence-corrected chi connectivity index (χ3v) is 9.38. The molecule has 0 bridgehead atoms. The number of nitrogen functional groups attached to an aromatic ring is 1. The summed E-state index contributed by atoms with van der Waals surface area (Å²) < 4.78 is 47.9. The first-order valence-corrected chi connectivity index (χ1v) is 15.3. The second-order valence-electron chi connectivity index (χ2n) is 10.3. The molecule has 5 atom stereocenters. The number of benzene rings is 1. The monoisotopic (exact) mass is 612 g/mol. The van der Waals surface area contributed by atoms with Crippen LogP contribution in [-0.2, 0) is 29.7 Å². The fraction of sp³-hybridized carbons (Fsp3) is 0.520. The highest BCUT2D eigenvalue weighted by Gasteiger charge is 2.56. The van der Waals surface area contributed by atoms with Crippen LogP contribution in [0.5, 0.6) is 0 Å². The van der Waals surface area contributed by atoms with Crippen molar-refractivity contribution in [3.8, 4) is 0 Å². The number of nitrogens with one attached hydrogen (secondary N) is 1. The Morgan fingerprint density at radius 1 is 1.32 bits per heavy atom. The summed E-state index contributed by atoms with van der Waals surface area (Å²) in [6, 6.07) is 9.11. The maximum Gasteiger partial charge on any atom is 0.405 e. The molecule has 3 heterocycles. The highest BCUT2D eigenvalue weighted by molar-refractivity contribution is 8.13. The van der Waals surface area contributed by atoms with Crippen LogP contribution in [0, 0.1) is 5.41 Å². The van der Waals surface area contributed by atoms with Gasteiger partial charge in [-0.15, -0.1) is 0 Å². The minimum Gasteiger partial charge on any atom is -0.395 e. The third-order valence-electron chi connectivity index (χ3n) is 6.63. The van der Waals surface area contributed by atoms with Crippen LogP contribution >= 0.6 is 19.5 Å². The summed E-state index contributed by atoms with van der Waals surface area (Å²) >= 11 is 0.937. The first-order chi connectivity index (χ1) is 19.4. The number of ether oxygens (including phenoxy) is 1. The number of anilines is 1. The third kappa shape index (κ3) is 7.12. The van der Waals surface area contributed by atoms with E-state index in [-0.39, 0.29) is 47.8 Å². The number of rotatable bonds is 13. The number of aliphatic hydroxyl groups is 2. The van der Waals surface area contributed by atoms with E-state index in [1.165, 1.54) is 24.0 Å². The van der Waals surface area contributed by atoms with E-state index >= 15 is 4.39 Å². The van der Waals surface area contributed by atoms with Gasteiger partial charge in [0, 0.05) is 12.3 Å². The number of hydrogen-bond donors (Lipinski definition) is 4. The Bertz CT molecular complexity index is 1400. The SMILES string of the molecule is CC(C)(CO)C(=O)SCCOP(=O)(NCc1ccccc1)OC[C@H]1O[C@@H](c2cnc3c(N)ncnn23)[C@](C)(F)[C@@H]1O. The molecule has 1 aliphatic rings. The molecule has 0 aliphatic carbocycles. The number of imidazole rings is 1. The average molecular weight is 613 g/mol. The summed E-state index contributed by atoms with van der Waals surface area (Å²) in [5.41, 5.74) is 3.82. The molecular weight excluding hydrogens is 578 g/mol. The summed E-state index contributed by atoms with van der Waals surface area (Å²) in [5.74, 6) is 0.238. The lowest BCUT2D eigenvalue weighted by Gasteiger charge is -2.24. The van der Waals surface area contributed by atoms with Gasteiger partial charge in [0.2, 0.25) is 0 Å². The van der Waals surface area contributed by atoms with Gasteiger partial charge in [-0.2, -0.15) is 5.10 Å². The zero-order chi connectivity index (χ0) is 29.8. The van der Waals surface area contributed by atoms with E-state index in [1.54, 1.807) is 13.8 Å². The molecule has 0 spiro atoms. The molecule has 2 aromatic heterocycles. The Balaban J connectivity index is 1.44. The van der Waals surface area contributed by atoms with Crippen LogP contribution in [0.2, 0.25) is 0 Å². The largest absolute Gasteiger partial charge is 0.405 e. The second-order valence-corrected chi connectivity index (χ2v) is 13.2. The summed E-state index contributed by atoms with van der Waals surface area (Å²) in [6.07, 6.45) is -1.65. The Morgan fingerprint density at radius 3 is 2.76 bits per heavy atom. The van der Waals surface area contributed by atoms with Gasteiger partial charge >= 0.3 is 7.75 Å². The van der Waals surface area contributed by atoms with E-state index in [0.717, 1.165) is 17.3 Å². The van der Waals surface area contributed by atoms with Crippen LogP contribution in [0.3, 0.4) is 0 Å². The van der Waals surface area contributed by atoms with Gasteiger partial charge in [-0.25, -0.2) is 28.5 Å². The van der Waals surface area contributed by atoms with E-state index in [4.69, 9.17) is 19.5 Å². The Labute approximate surface area is 240 Å². The van der Waals surface area contributed by atoms with E-state index < -0.39 is 43.7 Å². The average Bonchev–Trinajstić information content (AvgIpc) is 3.48. The molecule has 16 heteroatoms. The lowest BCUT2D eigenvalue weighted by Crippen LogP contribution is -2.40. The van der Waals surface area contributed by atoms with Crippen molar-refractivity contribution in [1.82, 2.24) is 24.7 Å². The molecule has 0 amide bonds. The minimum atomic E-state index is -4.03. The van der Waals surface area contributed by atoms with Gasteiger partial charge in [0.1, 0.15) is 24.6 Å². The Kier molecular flexibility index (Phi) is 9.81. The van der Waals surface area contributed by atoms with E-state index in [9.17, 15) is 19.6 Å². The highest BCUT2D eigenvalue weighted by Crippen LogP contribution is 2.48. The number of carbonyl (C=O) groups is 1. The minimum absolute atomic E-state index is 0.0904. The fourth-order valence-electron chi connectivity index (χ4n) is 4.06. The van der Waals surface area contributed by atoms with Crippen LogP contribution in [0.15, 0.2) is 42.9 Å². The van der Waals surface area contributed by atoms with Crippen molar-refractivity contribution in [3.63, 3.8) is 0 Å². The fourth-order valence-corrected chi connectivity index (χ4v) is 6.30. The predicted molar refractivity (Wildman–Crippen MR) is 149 cm³/mol. The van der Waals surface area contributed by atoms with Gasteiger partial charge in [0.15, 0.2) is 22.2 Å². The molecule has 13 nitrogen and oxygen atoms in total. The first-order valence-electron chi connectivity index (χ1n) is 12.8. The van der Waals surface area contributed by atoms with Crippen molar-refractivity contribution in [2.75, 3.05) is 31.3 Å². The maximum atomic E-state index is 15.8. The van der Waals surface area contributed by atoms with E-state index in [2.05, 4.69) is 20.2 Å². The second kappa shape index (κ2) is 12.8. The normalized spacial score (nSPS) is 24.5. The first kappa shape index (κ1) is 31.4. The van der Waals surface area contributed by atoms with Gasteiger partial charge < -0.3 is 20.7 Å². The van der Waals surface area contributed by atoms with Crippen molar-refractivity contribution >= 4 is 36.1 Å². The summed E-state index contributed by atoms with van der Waals surface area (Å²) in [6.45, 7) is 3.62. The molecule has 41 heavy (non-hydrogen) atoms. The van der Waals surface area contributed by atoms with Gasteiger partial charge in [0.05, 0.1) is 37.1 Å². The molecule has 4 rings (SSSR count). The number of alkyl halides is 1. The van der Waals surface area contributed by atoms with Gasteiger partial charge in [-0.05, 0) is 26.3 Å². The molecule has 1 aromatic carbocycles. The molecule has 1 saturated heterocycles. The van der Waals surface area contributed by atoms with Crippen LogP contribution in [0.1, 0.15) is 38.1 Å². The van der Waals surface area contributed by atoms with Crippen LogP contribution in [0.25, 0.3) is 5.65 Å². The number of nitrogens with zero attached hydrogens (tertiary/aromatic N) is 4. The smallest absolute Gasteiger partial charge is 0.395 e. The Hall–Kier alpha value is -2.49. The molecule has 5 N–H and O–H groups in total. The summed E-state index contributed by atoms with van der Waals surface area (Å²) in [5, 5.41) is 26.8. The summed E-state index contributed by atoms with van der Waals surface area (Å²) in [7, 11) is -4.03. The maximum absolute atomic E-state index is 15.8. The lowest BCUT2D eigenvalue weighted by molar-refractivity contribution is -0.119. The van der Waals surface area contributed by atoms with Crippen LogP contribution in [-0.4, -0.2) is 78.4 Å². The topological polar surface area (TPSA) is 183 Å². The van der Waals surface area contributed by atoms with Gasteiger partial charge in [-0.1, -0.05) is 42.1 Å². The zero-order valence-corrected chi connectivity index (χ0v) is 24.6. The lowest BCUT2D eigenvalue weighted by atomic mass is 9.93. The van der Waals surface area contributed by atoms with Crippen LogP contribution in [0.4, 0.5) is 10.2 Å². The Morgan fingerprint density at radius 2 is 2.05 bits per heavy atom. The number of halogens is 1. The molecule has 3 aromatic rings. The number of aromatic nitrogens is 4. The number of aliphatic hydroxyl groups excluding tert-OH is 2. The molecule has 1 unspecified atom stereocenters. The molecule has 0 saturated carbocycles. The number of carbonyl (C=O) groups excluding carboxylic acids is 1. The van der Waals surface area contributed by atoms with Crippen LogP contribution < -0.4 is 10.8 Å². The van der Waals surface area contributed by atoms with Gasteiger partial charge in [-0.3, -0.25) is 13.8 Å². The molecule has 1 fully saturated rings. The number of hydrogen-bond acceptors (Lipinski definition) is 12. The number of nitrogens with two attached hydrogens (primary N) is 1. The quantitative estimate of drug-likeness (QED) is 0.163. The molecule has 1 aliphatic heterocycles. The number of fused-ring (bicyclic) bond motifs is 1. The van der Waals surface area contributed by atoms with Crippen molar-refractivity contribution in [1.29, 1.82) is 0 Å². The van der Waals surface area contributed by atoms with Crippen molar-refractivity contribution in [2.24, 2.45) is 5.41 Å². The molecular formula is C25H34FN6O7PS. The zero-order valence-electron chi connectivity index (χ0n) is 22.8. The van der Waals surface area contributed by atoms with Gasteiger partial charge in [0.25, 0.3) is 0 Å². The highest BCUT2D eigenvalue weighted by atomic mass is 32.2. The standard InChI is InChI=1S/C25H34FN6O7PS/c1-24(2,14-33)23(35)41-10-9-37-40(36,31-11-16-7-5-4-6-8-16)38-13-18-19(34)25(3,26)20(39-18)17-12-28-22-21(27)29-15-30-32(17)22/h4-8,12,15,18-20,33-34H,9-11,13-14H2,1-3H3,(H,31,36)(H2,27,29,30)/t18-,19-,20+,25-,40?/m1/s1. The number of thioether (sulfide) groups is 1. The van der Waals surface area contributed by atoms with E-state index in [0.29, 0.717) is 0 Å². The predicted octanol–water partition coefficient (Wildman–Crippen LogP) is 2.44. The van der Waals surface area contributed by atoms with Crippen molar-refractivity contribution < 1.29 is 37.7 Å². The summed E-state index contributed by atoms with van der Waals surface area (Å²) in [4.78, 5) is 20.3. The van der Waals surface area contributed by atoms with Crippen molar-refractivity contribution in [3.05, 3.63) is 54.1 Å². The molecule has 0 radical (unpaired) electrons. The van der Waals surface area contributed by atoms with E-state index in [1.807, 2.05) is 30.3 Å².